The van der Waals surface area contributed by atoms with Crippen LogP contribution in [0.25, 0.3) is 10.9 Å². The molecular formula is C24H21Cl2N3O2S. The maximum absolute atomic E-state index is 13.3. The second kappa shape index (κ2) is 8.70. The molecule has 1 N–H and O–H groups in total. The number of fused-ring (bicyclic) bond motifs is 1. The van der Waals surface area contributed by atoms with Crippen molar-refractivity contribution in [3.8, 4) is 0 Å². The molecule has 0 bridgehead atoms. The number of hydrogen-bond acceptors (Lipinski definition) is 4. The Labute approximate surface area is 200 Å². The van der Waals surface area contributed by atoms with E-state index in [2.05, 4.69) is 10.3 Å². The Morgan fingerprint density at radius 2 is 1.81 bits per heavy atom. The normalized spacial score (nSPS) is 11.2. The van der Waals surface area contributed by atoms with Crippen LogP contribution in [0.2, 0.25) is 10.0 Å². The average Bonchev–Trinajstić information content (AvgIpc) is 3.18. The Bertz CT molecular complexity index is 1370. The number of anilines is 1. The van der Waals surface area contributed by atoms with Gasteiger partial charge in [-0.05, 0) is 57.5 Å². The van der Waals surface area contributed by atoms with Crippen molar-refractivity contribution >= 4 is 62.3 Å². The molecule has 0 aliphatic heterocycles. The van der Waals surface area contributed by atoms with Crippen molar-refractivity contribution in [1.29, 1.82) is 0 Å². The van der Waals surface area contributed by atoms with Gasteiger partial charge >= 0.3 is 0 Å². The van der Waals surface area contributed by atoms with E-state index in [1.165, 1.54) is 11.3 Å². The molecule has 1 amide bonds. The van der Waals surface area contributed by atoms with Gasteiger partial charge in [0, 0.05) is 38.1 Å². The molecule has 4 rings (SSSR count). The van der Waals surface area contributed by atoms with E-state index in [-0.39, 0.29) is 0 Å². The molecule has 164 valence electrons. The minimum atomic E-state index is -0.702. The molecule has 0 saturated carbocycles. The lowest BCUT2D eigenvalue weighted by atomic mass is 10.0. The highest BCUT2D eigenvalue weighted by Crippen LogP contribution is 2.31. The largest absolute Gasteiger partial charge is 0.340 e. The molecule has 0 fully saturated rings. The quantitative estimate of drug-likeness (QED) is 0.258. The van der Waals surface area contributed by atoms with E-state index in [0.29, 0.717) is 33.0 Å². The van der Waals surface area contributed by atoms with E-state index in [0.717, 1.165) is 32.6 Å². The topological polar surface area (TPSA) is 64.0 Å². The molecule has 2 aromatic carbocycles. The zero-order chi connectivity index (χ0) is 23.2. The molecule has 4 aromatic rings. The molecule has 8 heteroatoms. The Morgan fingerprint density at radius 1 is 1.06 bits per heavy atom. The van der Waals surface area contributed by atoms with Crippen LogP contribution in [0.3, 0.4) is 0 Å². The molecule has 0 radical (unpaired) electrons. The number of benzene rings is 2. The van der Waals surface area contributed by atoms with E-state index in [4.69, 9.17) is 23.2 Å². The van der Waals surface area contributed by atoms with Crippen LogP contribution in [-0.4, -0.2) is 21.2 Å². The zero-order valence-corrected chi connectivity index (χ0v) is 20.4. The van der Waals surface area contributed by atoms with Crippen LogP contribution < -0.4 is 5.32 Å². The summed E-state index contributed by atoms with van der Waals surface area (Å²) in [5, 5.41) is 4.92. The van der Waals surface area contributed by atoms with Crippen molar-refractivity contribution in [1.82, 2.24) is 9.55 Å². The summed E-state index contributed by atoms with van der Waals surface area (Å²) in [6.07, 6.45) is 0. The van der Waals surface area contributed by atoms with Gasteiger partial charge in [0.2, 0.25) is 0 Å². The first-order valence-electron chi connectivity index (χ1n) is 9.98. The number of nitrogens with zero attached hydrogens (tertiary/aromatic N) is 2. The fraction of sp³-hybridized carbons (Fsp3) is 0.208. The van der Waals surface area contributed by atoms with Gasteiger partial charge < -0.3 is 4.57 Å². The van der Waals surface area contributed by atoms with E-state index in [9.17, 15) is 9.59 Å². The minimum absolute atomic E-state index is 0.385. The summed E-state index contributed by atoms with van der Waals surface area (Å²) in [5.74, 6) is -1.29. The molecule has 0 saturated heterocycles. The number of aryl methyl sites for hydroxylation is 3. The summed E-state index contributed by atoms with van der Waals surface area (Å²) in [4.78, 5) is 31.4. The Morgan fingerprint density at radius 3 is 2.47 bits per heavy atom. The summed E-state index contributed by atoms with van der Waals surface area (Å²) in [6, 6.07) is 11.2. The number of rotatable bonds is 5. The molecule has 5 nitrogen and oxygen atoms in total. The number of carbonyl (C=O) groups is 2. The fourth-order valence-electron chi connectivity index (χ4n) is 3.70. The number of aromatic nitrogens is 2. The lowest BCUT2D eigenvalue weighted by Gasteiger charge is -2.11. The van der Waals surface area contributed by atoms with Gasteiger partial charge in [-0.1, -0.05) is 40.9 Å². The van der Waals surface area contributed by atoms with Gasteiger partial charge in [-0.15, -0.1) is 11.3 Å². The first-order chi connectivity index (χ1) is 15.2. The average molecular weight is 486 g/mol. The highest BCUT2D eigenvalue weighted by Gasteiger charge is 2.26. The number of amides is 1. The fourth-order valence-corrected chi connectivity index (χ4v) is 4.98. The molecule has 2 heterocycles. The van der Waals surface area contributed by atoms with Crippen molar-refractivity contribution < 1.29 is 9.59 Å². The molecule has 0 unspecified atom stereocenters. The summed E-state index contributed by atoms with van der Waals surface area (Å²) < 4.78 is 2.00. The number of halogens is 2. The first kappa shape index (κ1) is 22.5. The van der Waals surface area contributed by atoms with Crippen LogP contribution in [0.1, 0.15) is 37.7 Å². The van der Waals surface area contributed by atoms with Crippen molar-refractivity contribution in [3.63, 3.8) is 0 Å². The predicted molar refractivity (Wildman–Crippen MR) is 132 cm³/mol. The Balaban J connectivity index is 1.77. The Hall–Kier alpha value is -2.67. The summed E-state index contributed by atoms with van der Waals surface area (Å²) in [5.41, 5.74) is 4.64. The van der Waals surface area contributed by atoms with Crippen molar-refractivity contribution in [3.05, 3.63) is 79.4 Å². The van der Waals surface area contributed by atoms with Gasteiger partial charge in [0.1, 0.15) is 0 Å². The number of thiazole rings is 1. The summed E-state index contributed by atoms with van der Waals surface area (Å²) >= 11 is 13.8. The predicted octanol–water partition coefficient (Wildman–Crippen LogP) is 6.51. The maximum Gasteiger partial charge on any atom is 0.298 e. The van der Waals surface area contributed by atoms with Crippen LogP contribution in [0, 0.1) is 27.7 Å². The lowest BCUT2D eigenvalue weighted by molar-refractivity contribution is -0.112. The molecule has 32 heavy (non-hydrogen) atoms. The zero-order valence-electron chi connectivity index (χ0n) is 18.0. The summed E-state index contributed by atoms with van der Waals surface area (Å²) in [6.45, 7) is 8.04. The third kappa shape index (κ3) is 4.18. The van der Waals surface area contributed by atoms with Gasteiger partial charge in [0.05, 0.1) is 11.3 Å². The number of nitrogens with one attached hydrogen (secondary N) is 1. The smallest absolute Gasteiger partial charge is 0.298 e. The van der Waals surface area contributed by atoms with Crippen LogP contribution in [0.15, 0.2) is 36.4 Å². The number of carbonyl (C=O) groups excluding carboxylic acids is 2. The standard InChI is InChI=1S/C24H21Cl2N3O2S/c1-12-5-8-20-18(9-12)21(22(30)23(31)28-24-27-13(2)15(4)32-24)14(3)29(20)11-16-6-7-17(25)10-19(16)26/h5-10H,11H2,1-4H3,(H,27,28,31). The molecule has 0 atom stereocenters. The van der Waals surface area contributed by atoms with Gasteiger partial charge in [-0.25, -0.2) is 4.98 Å². The number of Topliss-reactive ketones (excluding diaryl/α,β-unsaturated/α-hetero) is 1. The minimum Gasteiger partial charge on any atom is -0.340 e. The number of ketones is 1. The van der Waals surface area contributed by atoms with Crippen molar-refractivity contribution in [2.75, 3.05) is 5.32 Å². The summed E-state index contributed by atoms with van der Waals surface area (Å²) in [7, 11) is 0. The molecule has 0 aliphatic carbocycles. The lowest BCUT2D eigenvalue weighted by Crippen LogP contribution is -2.23. The van der Waals surface area contributed by atoms with E-state index in [1.807, 2.05) is 56.5 Å². The van der Waals surface area contributed by atoms with Gasteiger partial charge in [0.15, 0.2) is 5.13 Å². The monoisotopic (exact) mass is 485 g/mol. The Kier molecular flexibility index (Phi) is 6.12. The first-order valence-corrected chi connectivity index (χ1v) is 11.6. The maximum atomic E-state index is 13.3. The van der Waals surface area contributed by atoms with E-state index < -0.39 is 11.7 Å². The third-order valence-electron chi connectivity index (χ3n) is 5.50. The van der Waals surface area contributed by atoms with Crippen LogP contribution in [-0.2, 0) is 11.3 Å². The second-order valence-corrected chi connectivity index (χ2v) is 9.79. The van der Waals surface area contributed by atoms with Gasteiger partial charge in [-0.3, -0.25) is 14.9 Å². The number of hydrogen-bond donors (Lipinski definition) is 1. The van der Waals surface area contributed by atoms with Crippen molar-refractivity contribution in [2.45, 2.75) is 34.2 Å². The van der Waals surface area contributed by atoms with Crippen LogP contribution >= 0.6 is 34.5 Å². The van der Waals surface area contributed by atoms with Crippen LogP contribution in [0.4, 0.5) is 5.13 Å². The van der Waals surface area contributed by atoms with Crippen LogP contribution in [0.5, 0.6) is 0 Å². The molecule has 2 aromatic heterocycles. The van der Waals surface area contributed by atoms with E-state index in [1.54, 1.807) is 12.1 Å². The molecule has 0 spiro atoms. The molecular weight excluding hydrogens is 465 g/mol. The highest BCUT2D eigenvalue weighted by atomic mass is 35.5. The molecule has 0 aliphatic rings. The van der Waals surface area contributed by atoms with Crippen molar-refractivity contribution in [2.24, 2.45) is 0 Å². The van der Waals surface area contributed by atoms with Gasteiger partial charge in [-0.2, -0.15) is 0 Å². The second-order valence-electron chi connectivity index (χ2n) is 7.75. The van der Waals surface area contributed by atoms with E-state index >= 15 is 0 Å². The highest BCUT2D eigenvalue weighted by molar-refractivity contribution is 7.15. The SMILES string of the molecule is Cc1ccc2c(c1)c(C(=O)C(=O)Nc1nc(C)c(C)s1)c(C)n2Cc1ccc(Cl)cc1Cl. The third-order valence-corrected chi connectivity index (χ3v) is 7.08. The van der Waals surface area contributed by atoms with Gasteiger partial charge in [0.25, 0.3) is 11.7 Å².